The van der Waals surface area contributed by atoms with E-state index in [0.717, 1.165) is 12.2 Å². The Hall–Kier alpha value is -3.76. The fourth-order valence-electron chi connectivity index (χ4n) is 4.00. The third-order valence-corrected chi connectivity index (χ3v) is 6.00. The molecular weight excluding hydrogens is 410 g/mol. The second-order valence-corrected chi connectivity index (χ2v) is 8.18. The molecule has 5 aromatic rings. The molecule has 0 aliphatic heterocycles. The summed E-state index contributed by atoms with van der Waals surface area (Å²) in [5, 5.41) is 7.53. The van der Waals surface area contributed by atoms with Gasteiger partial charge in [-0.15, -0.1) is 0 Å². The molecule has 0 bridgehead atoms. The molecule has 0 aliphatic rings. The molecule has 0 saturated carbocycles. The molecule has 0 radical (unpaired) electrons. The summed E-state index contributed by atoms with van der Waals surface area (Å²) in [4.78, 5) is 0. The van der Waals surface area contributed by atoms with Crippen molar-refractivity contribution in [1.82, 2.24) is 14.8 Å². The molecular formula is C28H23N3S. The minimum absolute atomic E-state index is 0.642. The van der Waals surface area contributed by atoms with Crippen LogP contribution in [-0.4, -0.2) is 14.8 Å². The highest BCUT2D eigenvalue weighted by atomic mass is 32.1. The molecule has 32 heavy (non-hydrogen) atoms. The number of benzene rings is 4. The van der Waals surface area contributed by atoms with Gasteiger partial charge in [0.2, 0.25) is 0 Å². The maximum atomic E-state index is 5.58. The van der Waals surface area contributed by atoms with Gasteiger partial charge in [0.15, 0.2) is 4.77 Å². The molecule has 0 spiro atoms. The summed E-state index contributed by atoms with van der Waals surface area (Å²) in [6, 6.07) is 38.0. The molecule has 0 fully saturated rings. The molecule has 3 nitrogen and oxygen atoms in total. The fourth-order valence-corrected chi connectivity index (χ4v) is 4.22. The molecule has 0 aliphatic carbocycles. The highest BCUT2D eigenvalue weighted by molar-refractivity contribution is 7.71. The average Bonchev–Trinajstić information content (AvgIpc) is 3.20. The van der Waals surface area contributed by atoms with Crippen molar-refractivity contribution < 1.29 is 0 Å². The van der Waals surface area contributed by atoms with Gasteiger partial charge in [0.1, 0.15) is 5.82 Å². The second-order valence-electron chi connectivity index (χ2n) is 7.79. The Balaban J connectivity index is 1.41. The first-order valence-electron chi connectivity index (χ1n) is 10.7. The molecule has 0 saturated heterocycles. The summed E-state index contributed by atoms with van der Waals surface area (Å²) >= 11 is 5.58. The summed E-state index contributed by atoms with van der Waals surface area (Å²) < 4.78 is 2.74. The normalized spacial score (nSPS) is 10.9. The Morgan fingerprint density at radius 2 is 1.25 bits per heavy atom. The number of H-pyrrole nitrogens is 1. The quantitative estimate of drug-likeness (QED) is 0.295. The fraction of sp³-hybridized carbons (Fsp3) is 0.0714. The number of aromatic nitrogens is 3. The number of aromatic amines is 1. The highest BCUT2D eigenvalue weighted by Crippen LogP contribution is 2.25. The first-order valence-corrected chi connectivity index (χ1v) is 11.1. The van der Waals surface area contributed by atoms with Gasteiger partial charge in [-0.25, -0.2) is 0 Å². The summed E-state index contributed by atoms with van der Waals surface area (Å²) in [7, 11) is 0. The van der Waals surface area contributed by atoms with Gasteiger partial charge >= 0.3 is 0 Å². The standard InChI is InChI=1S/C28H23N3S/c32-28-30-29-27(19-21-15-17-23(18-16-21)22-9-3-1-4-10-22)31(28)20-25-13-7-8-14-26(25)24-11-5-2-6-12-24/h1-18H,19-20H2,(H,30,32). The van der Waals surface area contributed by atoms with Crippen molar-refractivity contribution >= 4 is 12.2 Å². The van der Waals surface area contributed by atoms with Crippen LogP contribution in [0.4, 0.5) is 0 Å². The Morgan fingerprint density at radius 3 is 1.97 bits per heavy atom. The number of nitrogens with one attached hydrogen (secondary N) is 1. The van der Waals surface area contributed by atoms with E-state index < -0.39 is 0 Å². The van der Waals surface area contributed by atoms with Crippen molar-refractivity contribution in [3.05, 3.63) is 131 Å². The zero-order valence-electron chi connectivity index (χ0n) is 17.6. The van der Waals surface area contributed by atoms with E-state index in [1.54, 1.807) is 0 Å². The molecule has 4 heteroatoms. The lowest BCUT2D eigenvalue weighted by atomic mass is 9.99. The Morgan fingerprint density at radius 1 is 0.656 bits per heavy atom. The molecule has 156 valence electrons. The van der Waals surface area contributed by atoms with E-state index in [1.165, 1.54) is 33.4 Å². The molecule has 5 rings (SSSR count). The van der Waals surface area contributed by atoms with Crippen molar-refractivity contribution in [2.75, 3.05) is 0 Å². The van der Waals surface area contributed by atoms with Crippen LogP contribution in [0, 0.1) is 4.77 Å². The van der Waals surface area contributed by atoms with E-state index in [9.17, 15) is 0 Å². The first-order chi connectivity index (χ1) is 15.8. The molecule has 4 aromatic carbocycles. The number of hydrogen-bond acceptors (Lipinski definition) is 2. The Bertz CT molecular complexity index is 1370. The van der Waals surface area contributed by atoms with Crippen LogP contribution < -0.4 is 0 Å². The minimum atomic E-state index is 0.642. The molecule has 0 atom stereocenters. The van der Waals surface area contributed by atoms with Crippen LogP contribution in [-0.2, 0) is 13.0 Å². The zero-order chi connectivity index (χ0) is 21.8. The third-order valence-electron chi connectivity index (χ3n) is 5.69. The summed E-state index contributed by atoms with van der Waals surface area (Å²) in [6.45, 7) is 0.678. The van der Waals surface area contributed by atoms with E-state index >= 15 is 0 Å². The molecule has 0 amide bonds. The SMILES string of the molecule is S=c1[nH]nc(Cc2ccc(-c3ccccc3)cc2)n1Cc1ccccc1-c1ccccc1. The van der Waals surface area contributed by atoms with Crippen LogP contribution in [0.25, 0.3) is 22.3 Å². The van der Waals surface area contributed by atoms with Crippen LogP contribution in [0.15, 0.2) is 109 Å². The smallest absolute Gasteiger partial charge is 0.195 e. The maximum absolute atomic E-state index is 5.58. The Kier molecular flexibility index (Phi) is 5.77. The molecule has 1 aromatic heterocycles. The Labute approximate surface area is 193 Å². The van der Waals surface area contributed by atoms with Gasteiger partial charge in [0.05, 0.1) is 6.54 Å². The average molecular weight is 434 g/mol. The molecule has 1 heterocycles. The number of nitrogens with zero attached hydrogens (tertiary/aromatic N) is 2. The van der Waals surface area contributed by atoms with Crippen LogP contribution >= 0.6 is 12.2 Å². The van der Waals surface area contributed by atoms with Crippen molar-refractivity contribution in [3.63, 3.8) is 0 Å². The largest absolute Gasteiger partial charge is 0.299 e. The van der Waals surface area contributed by atoms with Crippen molar-refractivity contribution in [2.24, 2.45) is 0 Å². The minimum Gasteiger partial charge on any atom is -0.299 e. The van der Waals surface area contributed by atoms with E-state index in [0.29, 0.717) is 11.3 Å². The lowest BCUT2D eigenvalue weighted by molar-refractivity contribution is 0.733. The van der Waals surface area contributed by atoms with Crippen molar-refractivity contribution in [1.29, 1.82) is 0 Å². The molecule has 1 N–H and O–H groups in total. The van der Waals surface area contributed by atoms with E-state index in [-0.39, 0.29) is 0 Å². The third kappa shape index (κ3) is 4.32. The summed E-state index contributed by atoms with van der Waals surface area (Å²) in [5.41, 5.74) is 7.28. The second kappa shape index (κ2) is 9.16. The predicted octanol–water partition coefficient (Wildman–Crippen LogP) is 6.91. The lowest BCUT2D eigenvalue weighted by Gasteiger charge is -2.12. The number of hydrogen-bond donors (Lipinski definition) is 1. The summed E-state index contributed by atoms with van der Waals surface area (Å²) in [5.74, 6) is 0.935. The first kappa shape index (κ1) is 20.2. The predicted molar refractivity (Wildman–Crippen MR) is 133 cm³/mol. The van der Waals surface area contributed by atoms with Gasteiger partial charge in [0, 0.05) is 6.42 Å². The van der Waals surface area contributed by atoms with Crippen LogP contribution in [0.3, 0.4) is 0 Å². The van der Waals surface area contributed by atoms with Gasteiger partial charge in [-0.3, -0.25) is 9.67 Å². The molecule has 0 unspecified atom stereocenters. The zero-order valence-corrected chi connectivity index (χ0v) is 18.4. The van der Waals surface area contributed by atoms with E-state index in [1.807, 2.05) is 12.1 Å². The van der Waals surface area contributed by atoms with Crippen LogP contribution in [0.5, 0.6) is 0 Å². The van der Waals surface area contributed by atoms with Crippen LogP contribution in [0.1, 0.15) is 17.0 Å². The van der Waals surface area contributed by atoms with Crippen LogP contribution in [0.2, 0.25) is 0 Å². The van der Waals surface area contributed by atoms with Gasteiger partial charge in [-0.1, -0.05) is 109 Å². The van der Waals surface area contributed by atoms with Gasteiger partial charge in [-0.05, 0) is 45.6 Å². The van der Waals surface area contributed by atoms with Gasteiger partial charge in [-0.2, -0.15) is 5.10 Å². The topological polar surface area (TPSA) is 33.6 Å². The highest BCUT2D eigenvalue weighted by Gasteiger charge is 2.11. The van der Waals surface area contributed by atoms with Gasteiger partial charge < -0.3 is 0 Å². The van der Waals surface area contributed by atoms with Gasteiger partial charge in [0.25, 0.3) is 0 Å². The van der Waals surface area contributed by atoms with Crippen molar-refractivity contribution in [2.45, 2.75) is 13.0 Å². The lowest BCUT2D eigenvalue weighted by Crippen LogP contribution is -2.07. The maximum Gasteiger partial charge on any atom is 0.195 e. The summed E-state index contributed by atoms with van der Waals surface area (Å²) in [6.07, 6.45) is 0.718. The number of rotatable bonds is 6. The van der Waals surface area contributed by atoms with E-state index in [2.05, 4.69) is 112 Å². The van der Waals surface area contributed by atoms with Crippen molar-refractivity contribution in [3.8, 4) is 22.3 Å². The monoisotopic (exact) mass is 433 g/mol. The van der Waals surface area contributed by atoms with E-state index in [4.69, 9.17) is 12.2 Å².